The number of likely N-dealkylation sites (N-methyl/N-ethyl adjacent to an activating group) is 1. The number of rotatable bonds is 1. The molecule has 0 bridgehead atoms. The molecule has 0 aromatic carbocycles. The Morgan fingerprint density at radius 1 is 1.38 bits per heavy atom. The molecule has 1 atom stereocenters. The summed E-state index contributed by atoms with van der Waals surface area (Å²) >= 11 is 0. The first kappa shape index (κ1) is 9.20. The van der Waals surface area contributed by atoms with E-state index in [1.54, 1.807) is 6.92 Å². The Hall–Kier alpha value is -0.370. The highest BCUT2D eigenvalue weighted by atomic mass is 16.1. The minimum absolute atomic E-state index is 0.220. The standard InChI is InChI=1S/C11H19NO/c1-9(13)10-7-11(8-12(10)2)5-3-4-6-11/h10H,3-8H2,1-2H3. The maximum atomic E-state index is 11.4. The number of hydrogen-bond donors (Lipinski definition) is 0. The quantitative estimate of drug-likeness (QED) is 0.615. The van der Waals surface area contributed by atoms with Crippen molar-refractivity contribution in [3.8, 4) is 0 Å². The van der Waals surface area contributed by atoms with Gasteiger partial charge in [0, 0.05) is 6.54 Å². The largest absolute Gasteiger partial charge is 0.298 e. The van der Waals surface area contributed by atoms with Crippen LogP contribution in [0.5, 0.6) is 0 Å². The van der Waals surface area contributed by atoms with Crippen molar-refractivity contribution in [3.63, 3.8) is 0 Å². The van der Waals surface area contributed by atoms with Crippen LogP contribution in [0.1, 0.15) is 39.0 Å². The minimum atomic E-state index is 0.220. The summed E-state index contributed by atoms with van der Waals surface area (Å²) in [4.78, 5) is 13.6. The Morgan fingerprint density at radius 3 is 2.46 bits per heavy atom. The van der Waals surface area contributed by atoms with Crippen LogP contribution in [0.4, 0.5) is 0 Å². The van der Waals surface area contributed by atoms with E-state index in [0.717, 1.165) is 13.0 Å². The molecule has 74 valence electrons. The van der Waals surface area contributed by atoms with E-state index in [1.165, 1.54) is 25.7 Å². The Kier molecular flexibility index (Phi) is 2.18. The van der Waals surface area contributed by atoms with Gasteiger partial charge in [-0.2, -0.15) is 0 Å². The van der Waals surface area contributed by atoms with E-state index in [-0.39, 0.29) is 6.04 Å². The molecule has 2 aliphatic rings. The molecule has 2 rings (SSSR count). The van der Waals surface area contributed by atoms with Crippen LogP contribution in [-0.4, -0.2) is 30.3 Å². The Morgan fingerprint density at radius 2 is 2.00 bits per heavy atom. The molecule has 2 fully saturated rings. The van der Waals surface area contributed by atoms with Crippen LogP contribution in [0.15, 0.2) is 0 Å². The van der Waals surface area contributed by atoms with Crippen LogP contribution in [0, 0.1) is 5.41 Å². The maximum Gasteiger partial charge on any atom is 0.146 e. The lowest BCUT2D eigenvalue weighted by Crippen LogP contribution is -2.31. The molecule has 0 radical (unpaired) electrons. The number of carbonyl (C=O) groups is 1. The molecule has 13 heavy (non-hydrogen) atoms. The van der Waals surface area contributed by atoms with Gasteiger partial charge in [0.25, 0.3) is 0 Å². The van der Waals surface area contributed by atoms with Gasteiger partial charge in [0.15, 0.2) is 0 Å². The fourth-order valence-electron chi connectivity index (χ4n) is 3.21. The Balaban J connectivity index is 2.09. The van der Waals surface area contributed by atoms with Crippen molar-refractivity contribution in [2.45, 2.75) is 45.1 Å². The SMILES string of the molecule is CC(=O)C1CC2(CCCC2)CN1C. The summed E-state index contributed by atoms with van der Waals surface area (Å²) in [6.45, 7) is 2.88. The Labute approximate surface area is 80.3 Å². The van der Waals surface area contributed by atoms with Crippen molar-refractivity contribution in [3.05, 3.63) is 0 Å². The number of hydrogen-bond acceptors (Lipinski definition) is 2. The molecule has 1 heterocycles. The third-order valence-electron chi connectivity index (χ3n) is 3.88. The van der Waals surface area contributed by atoms with Crippen LogP contribution in [0.25, 0.3) is 0 Å². The molecule has 1 saturated heterocycles. The summed E-state index contributed by atoms with van der Waals surface area (Å²) in [5, 5.41) is 0. The summed E-state index contributed by atoms with van der Waals surface area (Å²) in [7, 11) is 2.10. The predicted molar refractivity (Wildman–Crippen MR) is 52.6 cm³/mol. The zero-order chi connectivity index (χ0) is 9.47. The number of ketones is 1. The Bertz CT molecular complexity index is 218. The normalized spacial score (nSPS) is 32.9. The maximum absolute atomic E-state index is 11.4. The van der Waals surface area contributed by atoms with Crippen LogP contribution in [0.2, 0.25) is 0 Å². The molecular weight excluding hydrogens is 162 g/mol. The van der Waals surface area contributed by atoms with Gasteiger partial charge in [-0.15, -0.1) is 0 Å². The molecule has 1 unspecified atom stereocenters. The van der Waals surface area contributed by atoms with Crippen LogP contribution < -0.4 is 0 Å². The van der Waals surface area contributed by atoms with E-state index in [4.69, 9.17) is 0 Å². The van der Waals surface area contributed by atoms with E-state index >= 15 is 0 Å². The summed E-state index contributed by atoms with van der Waals surface area (Å²) < 4.78 is 0. The third kappa shape index (κ3) is 1.52. The van der Waals surface area contributed by atoms with Gasteiger partial charge in [0.05, 0.1) is 6.04 Å². The van der Waals surface area contributed by atoms with Gasteiger partial charge in [-0.05, 0) is 38.6 Å². The topological polar surface area (TPSA) is 20.3 Å². The highest BCUT2D eigenvalue weighted by molar-refractivity contribution is 5.81. The van der Waals surface area contributed by atoms with Crippen molar-refractivity contribution in [1.82, 2.24) is 4.90 Å². The van der Waals surface area contributed by atoms with Gasteiger partial charge in [-0.3, -0.25) is 9.69 Å². The fourth-order valence-corrected chi connectivity index (χ4v) is 3.21. The molecular formula is C11H19NO. The van der Waals surface area contributed by atoms with E-state index in [2.05, 4.69) is 11.9 Å². The lowest BCUT2D eigenvalue weighted by Gasteiger charge is -2.21. The van der Waals surface area contributed by atoms with Crippen molar-refractivity contribution < 1.29 is 4.79 Å². The van der Waals surface area contributed by atoms with Gasteiger partial charge in [-0.25, -0.2) is 0 Å². The number of carbonyl (C=O) groups excluding carboxylic acids is 1. The lowest BCUT2D eigenvalue weighted by atomic mass is 9.83. The molecule has 0 amide bonds. The number of likely N-dealkylation sites (tertiary alicyclic amines) is 1. The monoisotopic (exact) mass is 181 g/mol. The molecule has 2 heteroatoms. The highest BCUT2D eigenvalue weighted by Gasteiger charge is 2.45. The van der Waals surface area contributed by atoms with Gasteiger partial charge >= 0.3 is 0 Å². The fraction of sp³-hybridized carbons (Fsp3) is 0.909. The van der Waals surface area contributed by atoms with Crippen molar-refractivity contribution in [1.29, 1.82) is 0 Å². The van der Waals surface area contributed by atoms with Gasteiger partial charge in [0.1, 0.15) is 5.78 Å². The molecule has 2 nitrogen and oxygen atoms in total. The van der Waals surface area contributed by atoms with E-state index in [1.807, 2.05) is 0 Å². The van der Waals surface area contributed by atoms with E-state index in [9.17, 15) is 4.79 Å². The van der Waals surface area contributed by atoms with Gasteiger partial charge in [-0.1, -0.05) is 12.8 Å². The smallest absolute Gasteiger partial charge is 0.146 e. The van der Waals surface area contributed by atoms with E-state index in [0.29, 0.717) is 11.2 Å². The average molecular weight is 181 g/mol. The lowest BCUT2D eigenvalue weighted by molar-refractivity contribution is -0.120. The minimum Gasteiger partial charge on any atom is -0.298 e. The summed E-state index contributed by atoms with van der Waals surface area (Å²) in [5.41, 5.74) is 0.519. The van der Waals surface area contributed by atoms with Crippen molar-refractivity contribution in [2.75, 3.05) is 13.6 Å². The molecule has 1 aliphatic heterocycles. The molecule has 0 N–H and O–H groups in total. The second-order valence-electron chi connectivity index (χ2n) is 4.95. The van der Waals surface area contributed by atoms with Gasteiger partial charge < -0.3 is 0 Å². The summed E-state index contributed by atoms with van der Waals surface area (Å²) in [5.74, 6) is 0.353. The third-order valence-corrected chi connectivity index (χ3v) is 3.88. The van der Waals surface area contributed by atoms with Crippen LogP contribution in [0.3, 0.4) is 0 Å². The van der Waals surface area contributed by atoms with Crippen LogP contribution >= 0.6 is 0 Å². The zero-order valence-corrected chi connectivity index (χ0v) is 8.68. The molecule has 1 aliphatic carbocycles. The first-order valence-electron chi connectivity index (χ1n) is 5.34. The van der Waals surface area contributed by atoms with Crippen molar-refractivity contribution >= 4 is 5.78 Å². The van der Waals surface area contributed by atoms with E-state index < -0.39 is 0 Å². The average Bonchev–Trinajstić information content (AvgIpc) is 2.60. The summed E-state index contributed by atoms with van der Waals surface area (Å²) in [6.07, 6.45) is 6.57. The molecule has 0 aromatic rings. The highest BCUT2D eigenvalue weighted by Crippen LogP contribution is 2.47. The second kappa shape index (κ2) is 3.09. The molecule has 1 spiro atoms. The van der Waals surface area contributed by atoms with Gasteiger partial charge in [0.2, 0.25) is 0 Å². The zero-order valence-electron chi connectivity index (χ0n) is 8.68. The number of Topliss-reactive ketones (excluding diaryl/α,β-unsaturated/α-hetero) is 1. The molecule has 1 saturated carbocycles. The molecule has 0 aromatic heterocycles. The first-order valence-corrected chi connectivity index (χ1v) is 5.34. The second-order valence-corrected chi connectivity index (χ2v) is 4.95. The van der Waals surface area contributed by atoms with Crippen molar-refractivity contribution in [2.24, 2.45) is 5.41 Å². The summed E-state index contributed by atoms with van der Waals surface area (Å²) in [6, 6.07) is 0.220. The van der Waals surface area contributed by atoms with Crippen LogP contribution in [-0.2, 0) is 4.79 Å². The first-order chi connectivity index (χ1) is 6.13. The predicted octanol–water partition coefficient (Wildman–Crippen LogP) is 1.84. The number of nitrogens with zero attached hydrogens (tertiary/aromatic N) is 1.